The Kier molecular flexibility index (Phi) is 4.90. The molecule has 0 amide bonds. The van der Waals surface area contributed by atoms with E-state index in [-0.39, 0.29) is 18.1 Å². The van der Waals surface area contributed by atoms with Crippen molar-refractivity contribution < 1.29 is 9.84 Å². The highest BCUT2D eigenvalue weighted by atomic mass is 16.5. The summed E-state index contributed by atoms with van der Waals surface area (Å²) in [6.45, 7) is 8.37. The summed E-state index contributed by atoms with van der Waals surface area (Å²) < 4.78 is 5.12. The molecule has 18 heavy (non-hydrogen) atoms. The minimum Gasteiger partial charge on any atom is -0.481 e. The van der Waals surface area contributed by atoms with Crippen LogP contribution < -0.4 is 10.1 Å². The van der Waals surface area contributed by atoms with Gasteiger partial charge in [-0.1, -0.05) is 20.8 Å². The monoisotopic (exact) mass is 253 g/mol. The summed E-state index contributed by atoms with van der Waals surface area (Å²) in [5.74, 6) is 1.93. The number of hydrogen-bond acceptors (Lipinski definition) is 5. The van der Waals surface area contributed by atoms with Gasteiger partial charge in [-0.3, -0.25) is 0 Å². The molecule has 1 unspecified atom stereocenters. The van der Waals surface area contributed by atoms with Gasteiger partial charge in [0.25, 0.3) is 0 Å². The predicted octanol–water partition coefficient (Wildman–Crippen LogP) is 2.00. The van der Waals surface area contributed by atoms with Crippen molar-refractivity contribution in [1.82, 2.24) is 9.97 Å². The fraction of sp³-hybridized carbons (Fsp3) is 0.692. The molecule has 0 saturated heterocycles. The zero-order chi connectivity index (χ0) is 13.8. The number of nitrogens with one attached hydrogen (secondary N) is 1. The molecular weight excluding hydrogens is 230 g/mol. The van der Waals surface area contributed by atoms with Crippen LogP contribution in [0.15, 0.2) is 6.07 Å². The second-order valence-corrected chi connectivity index (χ2v) is 5.42. The summed E-state index contributed by atoms with van der Waals surface area (Å²) >= 11 is 0. The van der Waals surface area contributed by atoms with Crippen molar-refractivity contribution in [2.75, 3.05) is 19.0 Å². The molecule has 1 aromatic rings. The quantitative estimate of drug-likeness (QED) is 0.840. The lowest BCUT2D eigenvalue weighted by atomic mass is 9.85. The third-order valence-electron chi connectivity index (χ3n) is 2.81. The number of hydrogen-bond donors (Lipinski definition) is 2. The van der Waals surface area contributed by atoms with Gasteiger partial charge in [0.1, 0.15) is 11.6 Å². The Balaban J connectivity index is 2.90. The van der Waals surface area contributed by atoms with Gasteiger partial charge in [-0.15, -0.1) is 0 Å². The van der Waals surface area contributed by atoms with Gasteiger partial charge in [-0.05, 0) is 18.8 Å². The van der Waals surface area contributed by atoms with Crippen molar-refractivity contribution in [3.8, 4) is 5.88 Å². The zero-order valence-corrected chi connectivity index (χ0v) is 11.8. The summed E-state index contributed by atoms with van der Waals surface area (Å²) in [6, 6.07) is 1.91. The second-order valence-electron chi connectivity index (χ2n) is 5.42. The Hall–Kier alpha value is -1.36. The number of methoxy groups -OCH3 is 1. The Morgan fingerprint density at radius 2 is 2.06 bits per heavy atom. The summed E-state index contributed by atoms with van der Waals surface area (Å²) in [4.78, 5) is 8.48. The molecule has 0 spiro atoms. The van der Waals surface area contributed by atoms with Gasteiger partial charge in [0.15, 0.2) is 0 Å². The number of aryl methyl sites for hydroxylation is 1. The lowest BCUT2D eigenvalue weighted by Crippen LogP contribution is -2.35. The highest BCUT2D eigenvalue weighted by Crippen LogP contribution is 2.25. The Bertz CT molecular complexity index is 388. The van der Waals surface area contributed by atoms with Crippen LogP contribution in [0.4, 0.5) is 5.82 Å². The molecular formula is C13H23N3O2. The number of aliphatic hydroxyl groups is 1. The van der Waals surface area contributed by atoms with Gasteiger partial charge < -0.3 is 15.2 Å². The van der Waals surface area contributed by atoms with Crippen LogP contribution >= 0.6 is 0 Å². The number of nitrogens with zero attached hydrogens (tertiary/aromatic N) is 2. The fourth-order valence-corrected chi connectivity index (χ4v) is 1.75. The molecule has 5 heteroatoms. The third-order valence-corrected chi connectivity index (χ3v) is 2.81. The highest BCUT2D eigenvalue weighted by Gasteiger charge is 2.24. The number of ether oxygens (including phenoxy) is 1. The molecule has 1 atom stereocenters. The molecule has 0 aliphatic carbocycles. The maximum absolute atomic E-state index is 9.14. The largest absolute Gasteiger partial charge is 0.481 e. The van der Waals surface area contributed by atoms with E-state index in [0.29, 0.717) is 18.1 Å². The van der Waals surface area contributed by atoms with Crippen molar-refractivity contribution in [2.24, 2.45) is 5.41 Å². The molecule has 0 aliphatic heterocycles. The minimum absolute atomic E-state index is 0.0365. The summed E-state index contributed by atoms with van der Waals surface area (Å²) in [7, 11) is 1.58. The normalized spacial score (nSPS) is 13.2. The minimum atomic E-state index is 0.0365. The summed E-state index contributed by atoms with van der Waals surface area (Å²) in [6.07, 6.45) is 0.675. The highest BCUT2D eigenvalue weighted by molar-refractivity contribution is 5.39. The van der Waals surface area contributed by atoms with Crippen molar-refractivity contribution in [2.45, 2.75) is 40.2 Å². The van der Waals surface area contributed by atoms with Crippen LogP contribution in [0.2, 0.25) is 0 Å². The van der Waals surface area contributed by atoms with Crippen LogP contribution in [0, 0.1) is 12.3 Å². The van der Waals surface area contributed by atoms with Crippen molar-refractivity contribution in [1.29, 1.82) is 0 Å². The standard InChI is InChI=1S/C13H23N3O2/c1-9-14-11(8-12(15-9)18-5)16-10(6-7-17)13(2,3)4/h8,10,17H,6-7H2,1-5H3,(H,14,15,16). The maximum Gasteiger partial charge on any atom is 0.218 e. The molecule has 0 aromatic carbocycles. The third kappa shape index (κ3) is 4.14. The fourth-order valence-electron chi connectivity index (χ4n) is 1.75. The molecule has 1 heterocycles. The van der Waals surface area contributed by atoms with Crippen LogP contribution in [0.5, 0.6) is 5.88 Å². The van der Waals surface area contributed by atoms with Gasteiger partial charge >= 0.3 is 0 Å². The van der Waals surface area contributed by atoms with Crippen LogP contribution in [0.3, 0.4) is 0 Å². The number of aromatic nitrogens is 2. The van der Waals surface area contributed by atoms with E-state index in [9.17, 15) is 0 Å². The molecule has 0 radical (unpaired) electrons. The molecule has 0 fully saturated rings. The van der Waals surface area contributed by atoms with Crippen LogP contribution in [0.25, 0.3) is 0 Å². The van der Waals surface area contributed by atoms with Crippen molar-refractivity contribution in [3.05, 3.63) is 11.9 Å². The molecule has 1 aromatic heterocycles. The van der Waals surface area contributed by atoms with Gasteiger partial charge in [0.05, 0.1) is 7.11 Å². The van der Waals surface area contributed by atoms with Crippen LogP contribution in [-0.4, -0.2) is 34.8 Å². The molecule has 0 bridgehead atoms. The molecule has 102 valence electrons. The predicted molar refractivity (Wildman–Crippen MR) is 71.9 cm³/mol. The maximum atomic E-state index is 9.14. The Morgan fingerprint density at radius 1 is 1.39 bits per heavy atom. The van der Waals surface area contributed by atoms with E-state index in [2.05, 4.69) is 36.1 Å². The van der Waals surface area contributed by atoms with Gasteiger partial charge in [-0.25, -0.2) is 4.98 Å². The first-order valence-corrected chi connectivity index (χ1v) is 6.14. The first kappa shape index (κ1) is 14.7. The van der Waals surface area contributed by atoms with E-state index < -0.39 is 0 Å². The summed E-state index contributed by atoms with van der Waals surface area (Å²) in [5.41, 5.74) is 0.0365. The molecule has 0 aliphatic rings. The Labute approximate surface area is 109 Å². The number of anilines is 1. The molecule has 2 N–H and O–H groups in total. The summed E-state index contributed by atoms with van der Waals surface area (Å²) in [5, 5.41) is 12.5. The van der Waals surface area contributed by atoms with Gasteiger partial charge in [0.2, 0.25) is 5.88 Å². The average molecular weight is 253 g/mol. The molecule has 5 nitrogen and oxygen atoms in total. The topological polar surface area (TPSA) is 67.3 Å². The average Bonchev–Trinajstić information content (AvgIpc) is 2.26. The first-order chi connectivity index (χ1) is 8.36. The zero-order valence-electron chi connectivity index (χ0n) is 11.8. The molecule has 1 rings (SSSR count). The van der Waals surface area contributed by atoms with Crippen LogP contribution in [-0.2, 0) is 0 Å². The first-order valence-electron chi connectivity index (χ1n) is 6.14. The van der Waals surface area contributed by atoms with E-state index in [1.54, 1.807) is 13.2 Å². The van der Waals surface area contributed by atoms with Gasteiger partial charge in [-0.2, -0.15) is 4.98 Å². The van der Waals surface area contributed by atoms with Crippen molar-refractivity contribution in [3.63, 3.8) is 0 Å². The van der Waals surface area contributed by atoms with E-state index in [1.807, 2.05) is 6.92 Å². The van der Waals surface area contributed by atoms with E-state index >= 15 is 0 Å². The van der Waals surface area contributed by atoms with E-state index in [4.69, 9.17) is 9.84 Å². The molecule has 0 saturated carbocycles. The van der Waals surface area contributed by atoms with Crippen LogP contribution in [0.1, 0.15) is 33.0 Å². The Morgan fingerprint density at radius 3 is 2.56 bits per heavy atom. The lowest BCUT2D eigenvalue weighted by molar-refractivity contribution is 0.235. The second kappa shape index (κ2) is 6.00. The smallest absolute Gasteiger partial charge is 0.218 e. The van der Waals surface area contributed by atoms with Crippen molar-refractivity contribution >= 4 is 5.82 Å². The van der Waals surface area contributed by atoms with E-state index in [0.717, 1.165) is 5.82 Å². The lowest BCUT2D eigenvalue weighted by Gasteiger charge is -2.31. The van der Waals surface area contributed by atoms with E-state index in [1.165, 1.54) is 0 Å². The number of rotatable bonds is 5. The van der Waals surface area contributed by atoms with Gasteiger partial charge in [0, 0.05) is 18.7 Å². The number of aliphatic hydroxyl groups excluding tert-OH is 1. The SMILES string of the molecule is COc1cc(NC(CCO)C(C)(C)C)nc(C)n1.